The number of para-hydroxylation sites is 1. The number of aromatic hydroxyl groups is 1. The summed E-state index contributed by atoms with van der Waals surface area (Å²) in [6, 6.07) is 30.0. The number of benzene rings is 4. The summed E-state index contributed by atoms with van der Waals surface area (Å²) in [4.78, 5) is 4.68. The largest absolute Gasteiger partial charge is 0.508 e. The molecule has 0 spiro atoms. The molecule has 2 heteroatoms. The molecule has 126 valence electrons. The zero-order valence-corrected chi connectivity index (χ0v) is 14.3. The quantitative estimate of drug-likeness (QED) is 0.463. The number of phenolic OH excluding ortho intramolecular Hbond substituents is 1. The third-order valence-electron chi connectivity index (χ3n) is 4.53. The van der Waals surface area contributed by atoms with Crippen molar-refractivity contribution in [3.8, 4) is 5.75 Å². The molecule has 0 bridgehead atoms. The SMILES string of the molecule is Oc1ccc2ccccc2c1Cc1ccccc1N=Cc1ccccc1. The van der Waals surface area contributed by atoms with E-state index in [-0.39, 0.29) is 0 Å². The Morgan fingerprint density at radius 3 is 2.35 bits per heavy atom. The first-order valence-electron chi connectivity index (χ1n) is 8.68. The van der Waals surface area contributed by atoms with Crippen molar-refractivity contribution in [2.24, 2.45) is 4.99 Å². The van der Waals surface area contributed by atoms with Crippen molar-refractivity contribution in [1.82, 2.24) is 0 Å². The van der Waals surface area contributed by atoms with Gasteiger partial charge in [0.2, 0.25) is 0 Å². The molecule has 0 aliphatic rings. The van der Waals surface area contributed by atoms with Crippen LogP contribution < -0.4 is 0 Å². The number of phenols is 1. The number of aliphatic imine (C=N–C) groups is 1. The molecule has 0 radical (unpaired) electrons. The van der Waals surface area contributed by atoms with Crippen molar-refractivity contribution in [3.05, 3.63) is 108 Å². The molecule has 0 fully saturated rings. The molecule has 4 aromatic rings. The molecule has 0 heterocycles. The van der Waals surface area contributed by atoms with Crippen LogP contribution in [0, 0.1) is 0 Å². The van der Waals surface area contributed by atoms with E-state index in [0.29, 0.717) is 12.2 Å². The second-order valence-corrected chi connectivity index (χ2v) is 6.26. The van der Waals surface area contributed by atoms with E-state index >= 15 is 0 Å². The molecule has 4 rings (SSSR count). The van der Waals surface area contributed by atoms with E-state index in [9.17, 15) is 5.11 Å². The van der Waals surface area contributed by atoms with Crippen LogP contribution >= 0.6 is 0 Å². The summed E-state index contributed by atoms with van der Waals surface area (Å²) in [7, 11) is 0. The van der Waals surface area contributed by atoms with E-state index in [0.717, 1.165) is 33.2 Å². The van der Waals surface area contributed by atoms with Gasteiger partial charge in [-0.25, -0.2) is 0 Å². The zero-order valence-electron chi connectivity index (χ0n) is 14.3. The maximum absolute atomic E-state index is 10.4. The van der Waals surface area contributed by atoms with E-state index in [1.54, 1.807) is 6.07 Å². The predicted octanol–water partition coefficient (Wildman–Crippen LogP) is 5.89. The van der Waals surface area contributed by atoms with E-state index < -0.39 is 0 Å². The summed E-state index contributed by atoms with van der Waals surface area (Å²) in [5.74, 6) is 0.325. The number of fused-ring (bicyclic) bond motifs is 1. The highest BCUT2D eigenvalue weighted by Crippen LogP contribution is 2.31. The van der Waals surface area contributed by atoms with E-state index in [2.05, 4.69) is 23.2 Å². The molecular formula is C24H19NO. The van der Waals surface area contributed by atoms with Gasteiger partial charge >= 0.3 is 0 Å². The van der Waals surface area contributed by atoms with Crippen molar-refractivity contribution >= 4 is 22.7 Å². The molecular weight excluding hydrogens is 318 g/mol. The molecule has 26 heavy (non-hydrogen) atoms. The minimum atomic E-state index is 0.325. The Bertz CT molecular complexity index is 1070. The van der Waals surface area contributed by atoms with Crippen LogP contribution in [0.2, 0.25) is 0 Å². The Morgan fingerprint density at radius 1 is 0.731 bits per heavy atom. The normalized spacial score (nSPS) is 11.2. The Hall–Kier alpha value is -3.39. The maximum Gasteiger partial charge on any atom is 0.119 e. The zero-order chi connectivity index (χ0) is 17.8. The summed E-state index contributed by atoms with van der Waals surface area (Å²) in [5, 5.41) is 12.6. The van der Waals surface area contributed by atoms with Gasteiger partial charge in [0.15, 0.2) is 0 Å². The first-order chi connectivity index (χ1) is 12.8. The Kier molecular flexibility index (Phi) is 4.48. The number of hydrogen-bond donors (Lipinski definition) is 1. The van der Waals surface area contributed by atoms with E-state index in [1.807, 2.05) is 72.9 Å². The second kappa shape index (κ2) is 7.24. The van der Waals surface area contributed by atoms with Crippen molar-refractivity contribution < 1.29 is 5.11 Å². The van der Waals surface area contributed by atoms with Crippen LogP contribution in [0.25, 0.3) is 10.8 Å². The van der Waals surface area contributed by atoms with Gasteiger partial charge in [0.1, 0.15) is 5.75 Å². The number of hydrogen-bond acceptors (Lipinski definition) is 2. The molecule has 0 aliphatic heterocycles. The summed E-state index contributed by atoms with van der Waals surface area (Å²) in [5.41, 5.74) is 4.01. The highest BCUT2D eigenvalue weighted by Gasteiger charge is 2.10. The Morgan fingerprint density at radius 2 is 1.46 bits per heavy atom. The molecule has 0 unspecified atom stereocenters. The van der Waals surface area contributed by atoms with Gasteiger partial charge in [0, 0.05) is 18.2 Å². The summed E-state index contributed by atoms with van der Waals surface area (Å²) >= 11 is 0. The van der Waals surface area contributed by atoms with Crippen molar-refractivity contribution in [3.63, 3.8) is 0 Å². The van der Waals surface area contributed by atoms with Gasteiger partial charge < -0.3 is 5.11 Å². The fourth-order valence-electron chi connectivity index (χ4n) is 3.17. The van der Waals surface area contributed by atoms with Gasteiger partial charge in [0.05, 0.1) is 5.69 Å². The first-order valence-corrected chi connectivity index (χ1v) is 8.68. The third kappa shape index (κ3) is 3.35. The molecule has 0 saturated heterocycles. The molecule has 0 saturated carbocycles. The fraction of sp³-hybridized carbons (Fsp3) is 0.0417. The van der Waals surface area contributed by atoms with Gasteiger partial charge in [-0.3, -0.25) is 4.99 Å². The molecule has 0 amide bonds. The van der Waals surface area contributed by atoms with Crippen molar-refractivity contribution in [2.45, 2.75) is 6.42 Å². The lowest BCUT2D eigenvalue weighted by Gasteiger charge is -2.11. The summed E-state index contributed by atoms with van der Waals surface area (Å²) in [6.07, 6.45) is 2.51. The highest BCUT2D eigenvalue weighted by atomic mass is 16.3. The van der Waals surface area contributed by atoms with Crippen molar-refractivity contribution in [1.29, 1.82) is 0 Å². The lowest BCUT2D eigenvalue weighted by Crippen LogP contribution is -1.92. The van der Waals surface area contributed by atoms with Crippen LogP contribution in [0.1, 0.15) is 16.7 Å². The van der Waals surface area contributed by atoms with Gasteiger partial charge in [0.25, 0.3) is 0 Å². The smallest absolute Gasteiger partial charge is 0.119 e. The van der Waals surface area contributed by atoms with E-state index in [1.165, 1.54) is 0 Å². The third-order valence-corrected chi connectivity index (χ3v) is 4.53. The van der Waals surface area contributed by atoms with Crippen LogP contribution in [-0.4, -0.2) is 11.3 Å². The molecule has 0 aromatic heterocycles. The van der Waals surface area contributed by atoms with Crippen LogP contribution in [0.5, 0.6) is 5.75 Å². The highest BCUT2D eigenvalue weighted by molar-refractivity contribution is 5.88. The van der Waals surface area contributed by atoms with Crippen molar-refractivity contribution in [2.75, 3.05) is 0 Å². The second-order valence-electron chi connectivity index (χ2n) is 6.26. The lowest BCUT2D eigenvalue weighted by molar-refractivity contribution is 0.470. The predicted molar refractivity (Wildman–Crippen MR) is 109 cm³/mol. The van der Waals surface area contributed by atoms with Gasteiger partial charge in [-0.2, -0.15) is 0 Å². The Labute approximate surface area is 153 Å². The van der Waals surface area contributed by atoms with E-state index in [4.69, 9.17) is 0 Å². The van der Waals surface area contributed by atoms with Crippen LogP contribution in [-0.2, 0) is 6.42 Å². The standard InChI is InChI=1S/C24H19NO/c26-24-15-14-19-10-4-6-12-21(19)22(24)16-20-11-5-7-13-23(20)25-17-18-8-2-1-3-9-18/h1-15,17,26H,16H2. The fourth-order valence-corrected chi connectivity index (χ4v) is 3.17. The molecule has 2 nitrogen and oxygen atoms in total. The monoisotopic (exact) mass is 337 g/mol. The minimum Gasteiger partial charge on any atom is -0.508 e. The number of nitrogens with zero attached hydrogens (tertiary/aromatic N) is 1. The minimum absolute atomic E-state index is 0.325. The van der Waals surface area contributed by atoms with Gasteiger partial charge in [-0.1, -0.05) is 78.9 Å². The van der Waals surface area contributed by atoms with Crippen LogP contribution in [0.3, 0.4) is 0 Å². The Balaban J connectivity index is 1.72. The van der Waals surface area contributed by atoms with Gasteiger partial charge in [-0.05, 0) is 34.0 Å². The average molecular weight is 337 g/mol. The lowest BCUT2D eigenvalue weighted by atomic mass is 9.96. The molecule has 0 aliphatic carbocycles. The summed E-state index contributed by atoms with van der Waals surface area (Å²) in [6.45, 7) is 0. The maximum atomic E-state index is 10.4. The van der Waals surface area contributed by atoms with Crippen LogP contribution in [0.4, 0.5) is 5.69 Å². The average Bonchev–Trinajstić information content (AvgIpc) is 2.70. The molecule has 1 N–H and O–H groups in total. The van der Waals surface area contributed by atoms with Gasteiger partial charge in [-0.15, -0.1) is 0 Å². The molecule has 4 aromatic carbocycles. The van der Waals surface area contributed by atoms with Crippen LogP contribution in [0.15, 0.2) is 96.0 Å². The number of rotatable bonds is 4. The topological polar surface area (TPSA) is 32.6 Å². The summed E-state index contributed by atoms with van der Waals surface area (Å²) < 4.78 is 0. The molecule has 0 atom stereocenters. The first kappa shape index (κ1) is 16.1.